The fourth-order valence-corrected chi connectivity index (χ4v) is 2.83. The molecule has 0 saturated carbocycles. The standard InChI is InChI=1S/C17H29N3O3S.HI/c1-5-18-17(20-15(3)10-13-24(4,21)22)19-11-12-23-16-9-7-6-8-14(16)2;/h6-9,15H,5,10-13H2,1-4H3,(H2,18,19,20);1H. The molecule has 0 aliphatic rings. The molecule has 25 heavy (non-hydrogen) atoms. The molecule has 6 nitrogen and oxygen atoms in total. The molecule has 0 aliphatic heterocycles. The van der Waals surface area contributed by atoms with Gasteiger partial charge in [-0.3, -0.25) is 0 Å². The molecule has 1 aromatic carbocycles. The average molecular weight is 483 g/mol. The van der Waals surface area contributed by atoms with Gasteiger partial charge in [0.05, 0.1) is 12.3 Å². The van der Waals surface area contributed by atoms with Crippen LogP contribution in [0.4, 0.5) is 0 Å². The number of halogens is 1. The molecule has 0 heterocycles. The van der Waals surface area contributed by atoms with E-state index in [-0.39, 0.29) is 35.8 Å². The molecule has 0 saturated heterocycles. The highest BCUT2D eigenvalue weighted by Crippen LogP contribution is 2.15. The van der Waals surface area contributed by atoms with Gasteiger partial charge >= 0.3 is 0 Å². The van der Waals surface area contributed by atoms with Crippen LogP contribution in [0.2, 0.25) is 0 Å². The number of hydrogen-bond acceptors (Lipinski definition) is 4. The minimum Gasteiger partial charge on any atom is -0.491 e. The van der Waals surface area contributed by atoms with Crippen LogP contribution in [0.5, 0.6) is 5.75 Å². The zero-order valence-corrected chi connectivity index (χ0v) is 18.6. The molecule has 1 unspecified atom stereocenters. The summed E-state index contributed by atoms with van der Waals surface area (Å²) in [6.45, 7) is 7.68. The Morgan fingerprint density at radius 2 is 2.00 bits per heavy atom. The van der Waals surface area contributed by atoms with Gasteiger partial charge < -0.3 is 15.4 Å². The predicted octanol–water partition coefficient (Wildman–Crippen LogP) is 2.37. The third kappa shape index (κ3) is 11.2. The number of para-hydroxylation sites is 1. The smallest absolute Gasteiger partial charge is 0.191 e. The monoisotopic (exact) mass is 483 g/mol. The van der Waals surface area contributed by atoms with E-state index in [0.717, 1.165) is 17.9 Å². The fourth-order valence-electron chi connectivity index (χ4n) is 2.05. The van der Waals surface area contributed by atoms with E-state index < -0.39 is 9.84 Å². The molecule has 1 rings (SSSR count). The van der Waals surface area contributed by atoms with Gasteiger partial charge in [-0.2, -0.15) is 0 Å². The molecule has 0 aliphatic carbocycles. The molecule has 0 fully saturated rings. The fraction of sp³-hybridized carbons (Fsp3) is 0.588. The van der Waals surface area contributed by atoms with Gasteiger partial charge in [0.25, 0.3) is 0 Å². The van der Waals surface area contributed by atoms with Gasteiger partial charge in [-0.05, 0) is 38.8 Å². The van der Waals surface area contributed by atoms with E-state index in [0.29, 0.717) is 25.5 Å². The van der Waals surface area contributed by atoms with Crippen LogP contribution < -0.4 is 15.4 Å². The third-order valence-electron chi connectivity index (χ3n) is 3.36. The maximum atomic E-state index is 11.2. The minimum atomic E-state index is -2.94. The van der Waals surface area contributed by atoms with Crippen molar-refractivity contribution in [2.45, 2.75) is 33.2 Å². The van der Waals surface area contributed by atoms with Crippen molar-refractivity contribution >= 4 is 39.8 Å². The molecule has 0 aromatic heterocycles. The second-order valence-electron chi connectivity index (χ2n) is 5.84. The van der Waals surface area contributed by atoms with Crippen molar-refractivity contribution in [2.75, 3.05) is 31.7 Å². The SMILES string of the molecule is CCNC(=NCCOc1ccccc1C)NC(C)CCS(C)(=O)=O.I. The summed E-state index contributed by atoms with van der Waals surface area (Å²) in [5.41, 5.74) is 1.10. The Bertz CT molecular complexity index is 636. The Labute approximate surface area is 168 Å². The van der Waals surface area contributed by atoms with Crippen LogP contribution in [0.3, 0.4) is 0 Å². The number of ether oxygens (including phenoxy) is 1. The van der Waals surface area contributed by atoms with Gasteiger partial charge in [-0.15, -0.1) is 24.0 Å². The summed E-state index contributed by atoms with van der Waals surface area (Å²) in [5.74, 6) is 1.70. The summed E-state index contributed by atoms with van der Waals surface area (Å²) in [7, 11) is -2.94. The van der Waals surface area contributed by atoms with E-state index >= 15 is 0 Å². The lowest BCUT2D eigenvalue weighted by atomic mass is 10.2. The Hall–Kier alpha value is -1.03. The van der Waals surface area contributed by atoms with Crippen molar-refractivity contribution in [3.05, 3.63) is 29.8 Å². The summed E-state index contributed by atoms with van der Waals surface area (Å²) in [4.78, 5) is 4.46. The molecule has 8 heteroatoms. The maximum Gasteiger partial charge on any atom is 0.191 e. The van der Waals surface area contributed by atoms with Crippen LogP contribution in [0.25, 0.3) is 0 Å². The van der Waals surface area contributed by atoms with E-state index in [9.17, 15) is 8.42 Å². The Morgan fingerprint density at radius 3 is 2.60 bits per heavy atom. The summed E-state index contributed by atoms with van der Waals surface area (Å²) < 4.78 is 28.2. The molecule has 0 radical (unpaired) electrons. The Morgan fingerprint density at radius 1 is 1.32 bits per heavy atom. The molecule has 0 spiro atoms. The zero-order chi connectivity index (χ0) is 18.0. The average Bonchev–Trinajstić information content (AvgIpc) is 2.50. The normalized spacial score (nSPS) is 12.9. The van der Waals surface area contributed by atoms with Gasteiger partial charge in [0, 0.05) is 18.8 Å². The van der Waals surface area contributed by atoms with Crippen LogP contribution in [-0.4, -0.2) is 52.1 Å². The number of aryl methyl sites for hydroxylation is 1. The van der Waals surface area contributed by atoms with Crippen LogP contribution in [0.15, 0.2) is 29.3 Å². The summed E-state index contributed by atoms with van der Waals surface area (Å²) in [6.07, 6.45) is 1.80. The first kappa shape index (κ1) is 24.0. The van der Waals surface area contributed by atoms with Crippen LogP contribution in [0, 0.1) is 6.92 Å². The zero-order valence-electron chi connectivity index (χ0n) is 15.4. The van der Waals surface area contributed by atoms with Crippen molar-refractivity contribution in [3.8, 4) is 5.75 Å². The molecular formula is C17H30IN3O3S. The van der Waals surface area contributed by atoms with Crippen molar-refractivity contribution < 1.29 is 13.2 Å². The quantitative estimate of drug-likeness (QED) is 0.244. The molecule has 0 amide bonds. The van der Waals surface area contributed by atoms with Crippen molar-refractivity contribution in [3.63, 3.8) is 0 Å². The number of guanidine groups is 1. The van der Waals surface area contributed by atoms with Gasteiger partial charge in [-0.25, -0.2) is 13.4 Å². The molecule has 0 bridgehead atoms. The number of benzene rings is 1. The first-order valence-corrected chi connectivity index (χ1v) is 10.3. The molecular weight excluding hydrogens is 453 g/mol. The molecule has 144 valence electrons. The number of nitrogens with zero attached hydrogens (tertiary/aromatic N) is 1. The van der Waals surface area contributed by atoms with E-state index in [1.807, 2.05) is 45.0 Å². The second kappa shape index (κ2) is 12.3. The number of nitrogens with one attached hydrogen (secondary N) is 2. The number of hydrogen-bond donors (Lipinski definition) is 2. The summed E-state index contributed by atoms with van der Waals surface area (Å²) in [6, 6.07) is 7.89. The van der Waals surface area contributed by atoms with Crippen molar-refractivity contribution in [1.29, 1.82) is 0 Å². The highest BCUT2D eigenvalue weighted by molar-refractivity contribution is 14.0. The highest BCUT2D eigenvalue weighted by atomic mass is 127. The number of sulfone groups is 1. The largest absolute Gasteiger partial charge is 0.491 e. The molecule has 1 aromatic rings. The van der Waals surface area contributed by atoms with E-state index in [1.165, 1.54) is 6.26 Å². The topological polar surface area (TPSA) is 79.8 Å². The predicted molar refractivity (Wildman–Crippen MR) is 115 cm³/mol. The third-order valence-corrected chi connectivity index (χ3v) is 4.34. The number of rotatable bonds is 9. The highest BCUT2D eigenvalue weighted by Gasteiger charge is 2.09. The first-order valence-electron chi connectivity index (χ1n) is 8.23. The van der Waals surface area contributed by atoms with Gasteiger partial charge in [-0.1, -0.05) is 18.2 Å². The van der Waals surface area contributed by atoms with Crippen molar-refractivity contribution in [1.82, 2.24) is 10.6 Å². The van der Waals surface area contributed by atoms with Crippen molar-refractivity contribution in [2.24, 2.45) is 4.99 Å². The van der Waals surface area contributed by atoms with E-state index in [4.69, 9.17) is 4.74 Å². The lowest BCUT2D eigenvalue weighted by Crippen LogP contribution is -2.43. The molecule has 1 atom stereocenters. The van der Waals surface area contributed by atoms with Gasteiger partial charge in [0.1, 0.15) is 22.2 Å². The first-order chi connectivity index (χ1) is 11.3. The van der Waals surface area contributed by atoms with Crippen LogP contribution >= 0.6 is 24.0 Å². The maximum absolute atomic E-state index is 11.2. The van der Waals surface area contributed by atoms with E-state index in [1.54, 1.807) is 0 Å². The Balaban J connectivity index is 0.00000576. The van der Waals surface area contributed by atoms with Gasteiger partial charge in [0.15, 0.2) is 5.96 Å². The lowest BCUT2D eigenvalue weighted by Gasteiger charge is -2.17. The van der Waals surface area contributed by atoms with Gasteiger partial charge in [0.2, 0.25) is 0 Å². The minimum absolute atomic E-state index is 0. The van der Waals surface area contributed by atoms with Crippen LogP contribution in [-0.2, 0) is 9.84 Å². The van der Waals surface area contributed by atoms with E-state index in [2.05, 4.69) is 15.6 Å². The lowest BCUT2D eigenvalue weighted by molar-refractivity contribution is 0.326. The van der Waals surface area contributed by atoms with Crippen LogP contribution in [0.1, 0.15) is 25.8 Å². The summed E-state index contributed by atoms with van der Waals surface area (Å²) >= 11 is 0. The second-order valence-corrected chi connectivity index (χ2v) is 8.10. The molecule has 2 N–H and O–H groups in total. The summed E-state index contributed by atoms with van der Waals surface area (Å²) in [5, 5.41) is 6.37. The Kier molecular flexibility index (Phi) is 11.8. The number of aliphatic imine (C=N–C) groups is 1.